The Hall–Kier alpha value is -6.78. The highest BCUT2D eigenvalue weighted by Crippen LogP contribution is 2.43. The molecule has 1 aromatic heterocycles. The van der Waals surface area contributed by atoms with Crippen LogP contribution >= 0.6 is 0 Å². The first-order valence-electron chi connectivity index (χ1n) is 17.3. The van der Waals surface area contributed by atoms with Crippen molar-refractivity contribution >= 4 is 55.2 Å². The molecule has 0 saturated carbocycles. The quantitative estimate of drug-likeness (QED) is 0.201. The summed E-state index contributed by atoms with van der Waals surface area (Å²) in [5, 5.41) is 10.5. The second-order valence-corrected chi connectivity index (χ2v) is 13.0. The number of fused-ring (bicyclic) bond motifs is 5. The van der Waals surface area contributed by atoms with Gasteiger partial charge in [0.05, 0.1) is 0 Å². The lowest BCUT2D eigenvalue weighted by Gasteiger charge is -2.22. The summed E-state index contributed by atoms with van der Waals surface area (Å²) in [4.78, 5) is 10.3. The smallest absolute Gasteiger partial charge is 0.169 e. The predicted molar refractivity (Wildman–Crippen MR) is 211 cm³/mol. The normalized spacial score (nSPS) is 14.5. The minimum atomic E-state index is -0.404. The number of rotatable bonds is 5. The first-order chi connectivity index (χ1) is 25.2. The predicted octanol–water partition coefficient (Wildman–Crippen LogP) is 11.7. The molecule has 0 radical (unpaired) electrons. The van der Waals surface area contributed by atoms with Crippen LogP contribution in [-0.4, -0.2) is 11.7 Å². The van der Waals surface area contributed by atoms with Crippen molar-refractivity contribution in [2.75, 3.05) is 0 Å². The molecule has 1 aliphatic heterocycles. The first-order valence-corrected chi connectivity index (χ1v) is 17.3. The summed E-state index contributed by atoms with van der Waals surface area (Å²) in [5.41, 5.74) is 9.30. The average Bonchev–Trinajstić information content (AvgIpc) is 3.58. The monoisotopic (exact) mass is 653 g/mol. The van der Waals surface area contributed by atoms with Crippen LogP contribution in [0.3, 0.4) is 0 Å². The highest BCUT2D eigenvalue weighted by atomic mass is 16.3. The Labute approximate surface area is 295 Å². The van der Waals surface area contributed by atoms with E-state index in [0.717, 1.165) is 77.9 Å². The number of aliphatic imine (C=N–C) groups is 2. The van der Waals surface area contributed by atoms with E-state index < -0.39 is 6.17 Å². The van der Waals surface area contributed by atoms with Gasteiger partial charge in [0.1, 0.15) is 22.8 Å². The molecule has 8 aromatic carbocycles. The molecule has 1 atom stereocenters. The number of amidine groups is 2. The molecular weight excluding hydrogens is 623 g/mol. The summed E-state index contributed by atoms with van der Waals surface area (Å²) < 4.78 is 6.72. The minimum Gasteiger partial charge on any atom is -0.455 e. The number of benzene rings is 8. The maximum atomic E-state index is 6.72. The summed E-state index contributed by atoms with van der Waals surface area (Å²) in [6.45, 7) is 0. The molecule has 9 aromatic rings. The third-order valence-corrected chi connectivity index (χ3v) is 9.90. The van der Waals surface area contributed by atoms with Gasteiger partial charge >= 0.3 is 0 Å². The van der Waals surface area contributed by atoms with E-state index in [1.54, 1.807) is 0 Å². The van der Waals surface area contributed by atoms with Gasteiger partial charge in [-0.25, -0.2) is 9.98 Å². The molecule has 0 saturated heterocycles. The molecule has 2 heterocycles. The molecule has 0 spiro atoms. The van der Waals surface area contributed by atoms with E-state index in [1.807, 2.05) is 24.3 Å². The Bertz CT molecular complexity index is 2820. The van der Waals surface area contributed by atoms with Crippen molar-refractivity contribution in [3.63, 3.8) is 0 Å². The molecule has 4 nitrogen and oxygen atoms in total. The van der Waals surface area contributed by atoms with E-state index in [4.69, 9.17) is 14.4 Å². The Morgan fingerprint density at radius 1 is 0.431 bits per heavy atom. The largest absolute Gasteiger partial charge is 0.455 e. The molecule has 240 valence electrons. The van der Waals surface area contributed by atoms with Crippen molar-refractivity contribution in [1.29, 1.82) is 0 Å². The van der Waals surface area contributed by atoms with Gasteiger partial charge in [0.25, 0.3) is 0 Å². The van der Waals surface area contributed by atoms with E-state index in [9.17, 15) is 0 Å². The highest BCUT2D eigenvalue weighted by molar-refractivity contribution is 6.19. The molecule has 1 unspecified atom stereocenters. The number of furan rings is 1. The zero-order valence-electron chi connectivity index (χ0n) is 27.6. The Kier molecular flexibility index (Phi) is 6.85. The Balaban J connectivity index is 1.10. The summed E-state index contributed by atoms with van der Waals surface area (Å²) in [6.07, 6.45) is -0.404. The number of nitrogens with one attached hydrogen (secondary N) is 1. The van der Waals surface area contributed by atoms with Gasteiger partial charge in [-0.3, -0.25) is 0 Å². The van der Waals surface area contributed by atoms with Gasteiger partial charge in [0, 0.05) is 27.5 Å². The maximum Gasteiger partial charge on any atom is 0.169 e. The van der Waals surface area contributed by atoms with Crippen LogP contribution < -0.4 is 5.32 Å². The van der Waals surface area contributed by atoms with E-state index in [0.29, 0.717) is 0 Å². The molecule has 10 rings (SSSR count). The zero-order chi connectivity index (χ0) is 33.7. The second kappa shape index (κ2) is 12.0. The van der Waals surface area contributed by atoms with Crippen LogP contribution in [0.5, 0.6) is 0 Å². The Morgan fingerprint density at radius 3 is 1.71 bits per heavy atom. The van der Waals surface area contributed by atoms with Crippen LogP contribution in [-0.2, 0) is 0 Å². The lowest BCUT2D eigenvalue weighted by molar-refractivity contribution is 0.670. The summed E-state index contributed by atoms with van der Waals surface area (Å²) >= 11 is 0. The number of nitrogens with zero attached hydrogens (tertiary/aromatic N) is 2. The van der Waals surface area contributed by atoms with E-state index in [1.165, 1.54) is 16.2 Å². The van der Waals surface area contributed by atoms with Crippen molar-refractivity contribution in [2.24, 2.45) is 9.98 Å². The van der Waals surface area contributed by atoms with Gasteiger partial charge in [-0.2, -0.15) is 0 Å². The van der Waals surface area contributed by atoms with Crippen LogP contribution in [0.25, 0.3) is 65.7 Å². The molecule has 0 amide bonds. The topological polar surface area (TPSA) is 49.9 Å². The lowest BCUT2D eigenvalue weighted by Crippen LogP contribution is -2.36. The minimum absolute atomic E-state index is 0.404. The van der Waals surface area contributed by atoms with Gasteiger partial charge < -0.3 is 9.73 Å². The molecule has 0 fully saturated rings. The van der Waals surface area contributed by atoms with E-state index in [-0.39, 0.29) is 0 Å². The summed E-state index contributed by atoms with van der Waals surface area (Å²) in [5.74, 6) is 1.61. The first kappa shape index (κ1) is 29.2. The zero-order valence-corrected chi connectivity index (χ0v) is 27.6. The molecule has 4 heteroatoms. The van der Waals surface area contributed by atoms with Crippen molar-refractivity contribution in [2.45, 2.75) is 6.17 Å². The average molecular weight is 654 g/mol. The Morgan fingerprint density at radius 2 is 0.980 bits per heavy atom. The second-order valence-electron chi connectivity index (χ2n) is 13.0. The maximum absolute atomic E-state index is 6.72. The number of hydrogen-bond acceptors (Lipinski definition) is 4. The molecular formula is C47H31N3O. The fourth-order valence-electron chi connectivity index (χ4n) is 7.31. The SMILES string of the molecule is c1ccc(C2=NC(c3ccc(-c4ccc(-c5ccccc5)c5oc6cc7ccccc7cc6c45)cc3)N=C(c3ccc4ccccc4c3)N2)cc1. The summed E-state index contributed by atoms with van der Waals surface area (Å²) in [6, 6.07) is 61.6. The lowest BCUT2D eigenvalue weighted by atomic mass is 9.93. The van der Waals surface area contributed by atoms with Gasteiger partial charge in [-0.05, 0) is 68.1 Å². The van der Waals surface area contributed by atoms with Gasteiger partial charge in [0.2, 0.25) is 0 Å². The fourth-order valence-corrected chi connectivity index (χ4v) is 7.31. The van der Waals surface area contributed by atoms with Crippen LogP contribution in [0.4, 0.5) is 0 Å². The molecule has 1 aliphatic rings. The van der Waals surface area contributed by atoms with Crippen molar-refractivity contribution in [3.05, 3.63) is 193 Å². The molecule has 51 heavy (non-hydrogen) atoms. The van der Waals surface area contributed by atoms with Gasteiger partial charge in [-0.1, -0.05) is 152 Å². The highest BCUT2D eigenvalue weighted by Gasteiger charge is 2.22. The van der Waals surface area contributed by atoms with Gasteiger partial charge in [0.15, 0.2) is 6.17 Å². The van der Waals surface area contributed by atoms with E-state index >= 15 is 0 Å². The fraction of sp³-hybridized carbons (Fsp3) is 0.0213. The summed E-state index contributed by atoms with van der Waals surface area (Å²) in [7, 11) is 0. The third kappa shape index (κ3) is 5.17. The van der Waals surface area contributed by atoms with E-state index in [2.05, 4.69) is 157 Å². The third-order valence-electron chi connectivity index (χ3n) is 9.90. The molecule has 1 N–H and O–H groups in total. The van der Waals surface area contributed by atoms with Crippen LogP contribution in [0.1, 0.15) is 22.9 Å². The van der Waals surface area contributed by atoms with Crippen LogP contribution in [0.15, 0.2) is 190 Å². The van der Waals surface area contributed by atoms with Crippen LogP contribution in [0, 0.1) is 0 Å². The van der Waals surface area contributed by atoms with Gasteiger partial charge in [-0.15, -0.1) is 0 Å². The van der Waals surface area contributed by atoms with Crippen molar-refractivity contribution in [1.82, 2.24) is 5.32 Å². The number of hydrogen-bond donors (Lipinski definition) is 1. The standard InChI is InChI=1S/C47H31N3O/c1-3-12-31(13-4-1)40-26-25-39(43-41-28-36-17-9-10-18-37(36)29-42(41)51-44(40)43)32-20-22-34(23-21-32)46-48-45(33-14-5-2-6-15-33)49-47(50-46)38-24-19-30-11-7-8-16-35(30)27-38/h1-29,46H,(H,48,49,50). The molecule has 0 aliphatic carbocycles. The molecule has 0 bridgehead atoms. The van der Waals surface area contributed by atoms with Crippen molar-refractivity contribution < 1.29 is 4.42 Å². The van der Waals surface area contributed by atoms with Crippen LogP contribution in [0.2, 0.25) is 0 Å². The van der Waals surface area contributed by atoms with Crippen molar-refractivity contribution in [3.8, 4) is 22.3 Å².